The Morgan fingerprint density at radius 2 is 2.00 bits per heavy atom. The number of carbonyl (C=O) groups is 1. The number of H-pyrrole nitrogens is 1. The molecule has 4 rings (SSSR count). The van der Waals surface area contributed by atoms with E-state index in [9.17, 15) is 4.79 Å². The maximum Gasteiger partial charge on any atom is 0.251 e. The molecule has 8 nitrogen and oxygen atoms in total. The topological polar surface area (TPSA) is 87.2 Å². The summed E-state index contributed by atoms with van der Waals surface area (Å²) in [5, 5.41) is 0. The molecule has 2 aliphatic heterocycles. The first kappa shape index (κ1) is 16.3. The Kier molecular flexibility index (Phi) is 4.29. The van der Waals surface area contributed by atoms with E-state index in [0.717, 1.165) is 50.1 Å². The van der Waals surface area contributed by atoms with Gasteiger partial charge in [-0.05, 0) is 31.6 Å². The molecule has 8 heteroatoms. The number of fused-ring (bicyclic) bond motifs is 1. The second-order valence-corrected chi connectivity index (χ2v) is 7.10. The molecule has 134 valence electrons. The Morgan fingerprint density at radius 3 is 2.76 bits per heavy atom. The summed E-state index contributed by atoms with van der Waals surface area (Å²) in [4.78, 5) is 31.9. The molecule has 2 fully saturated rings. The largest absolute Gasteiger partial charge is 0.365 e. The van der Waals surface area contributed by atoms with Crippen LogP contribution in [-0.2, 0) is 9.53 Å². The molecule has 2 aromatic heterocycles. The lowest BCUT2D eigenvalue weighted by Crippen LogP contribution is -2.39. The third kappa shape index (κ3) is 3.06. The minimum atomic E-state index is -0.260. The summed E-state index contributed by atoms with van der Waals surface area (Å²) in [6.45, 7) is 1.86. The van der Waals surface area contributed by atoms with Crippen LogP contribution in [0.25, 0.3) is 11.2 Å². The SMILES string of the molecule is CN(C)C(=O)[C@H]1CC[C@@H](C2CCN(c3ncnc4nc[nH]c34)CC2)O1. The normalized spacial score (nSPS) is 24.8. The van der Waals surface area contributed by atoms with Gasteiger partial charge >= 0.3 is 0 Å². The second kappa shape index (κ2) is 6.59. The molecule has 2 aliphatic rings. The molecule has 0 bridgehead atoms. The fourth-order valence-electron chi connectivity index (χ4n) is 3.95. The van der Waals surface area contributed by atoms with Crippen molar-refractivity contribution in [3.8, 4) is 0 Å². The lowest BCUT2D eigenvalue weighted by Gasteiger charge is -2.35. The van der Waals surface area contributed by atoms with Crippen molar-refractivity contribution in [3.63, 3.8) is 0 Å². The van der Waals surface area contributed by atoms with Gasteiger partial charge in [-0.25, -0.2) is 15.0 Å². The number of ether oxygens (including phenoxy) is 1. The summed E-state index contributed by atoms with van der Waals surface area (Å²) in [7, 11) is 3.57. The van der Waals surface area contributed by atoms with E-state index in [-0.39, 0.29) is 18.1 Å². The molecular formula is C17H24N6O2. The van der Waals surface area contributed by atoms with E-state index in [4.69, 9.17) is 4.74 Å². The lowest BCUT2D eigenvalue weighted by molar-refractivity contribution is -0.141. The van der Waals surface area contributed by atoms with Crippen molar-refractivity contribution >= 4 is 22.9 Å². The van der Waals surface area contributed by atoms with Crippen molar-refractivity contribution < 1.29 is 9.53 Å². The molecule has 0 aliphatic carbocycles. The number of aromatic amines is 1. The van der Waals surface area contributed by atoms with Crippen molar-refractivity contribution in [2.24, 2.45) is 5.92 Å². The fraction of sp³-hybridized carbons (Fsp3) is 0.647. The number of rotatable bonds is 3. The van der Waals surface area contributed by atoms with Crippen molar-refractivity contribution in [2.75, 3.05) is 32.1 Å². The number of likely N-dealkylation sites (N-methyl/N-ethyl adjacent to an activating group) is 1. The number of nitrogens with one attached hydrogen (secondary N) is 1. The molecule has 0 unspecified atom stereocenters. The first-order chi connectivity index (χ1) is 12.1. The number of hydrogen-bond acceptors (Lipinski definition) is 6. The Morgan fingerprint density at radius 1 is 1.20 bits per heavy atom. The lowest BCUT2D eigenvalue weighted by atomic mass is 9.89. The quantitative estimate of drug-likeness (QED) is 0.900. The number of aromatic nitrogens is 4. The van der Waals surface area contributed by atoms with E-state index < -0.39 is 0 Å². The summed E-state index contributed by atoms with van der Waals surface area (Å²) < 4.78 is 6.07. The second-order valence-electron chi connectivity index (χ2n) is 7.10. The van der Waals surface area contributed by atoms with Crippen LogP contribution in [-0.4, -0.2) is 70.1 Å². The van der Waals surface area contributed by atoms with Gasteiger partial charge in [-0.2, -0.15) is 0 Å². The van der Waals surface area contributed by atoms with Crippen LogP contribution in [0.5, 0.6) is 0 Å². The van der Waals surface area contributed by atoms with Crippen molar-refractivity contribution in [3.05, 3.63) is 12.7 Å². The Balaban J connectivity index is 1.38. The molecule has 0 saturated carbocycles. The van der Waals surface area contributed by atoms with Crippen molar-refractivity contribution in [2.45, 2.75) is 37.9 Å². The molecule has 0 aromatic carbocycles. The van der Waals surface area contributed by atoms with Crippen molar-refractivity contribution in [1.82, 2.24) is 24.8 Å². The van der Waals surface area contributed by atoms with Crippen LogP contribution in [0, 0.1) is 5.92 Å². The number of nitrogens with zero attached hydrogens (tertiary/aromatic N) is 5. The van der Waals surface area contributed by atoms with Gasteiger partial charge in [0.2, 0.25) is 0 Å². The van der Waals surface area contributed by atoms with Gasteiger partial charge in [-0.1, -0.05) is 0 Å². The van der Waals surface area contributed by atoms with E-state index in [0.29, 0.717) is 11.6 Å². The van der Waals surface area contributed by atoms with Gasteiger partial charge in [0.25, 0.3) is 5.91 Å². The number of hydrogen-bond donors (Lipinski definition) is 1. The highest BCUT2D eigenvalue weighted by molar-refractivity contribution is 5.82. The highest BCUT2D eigenvalue weighted by Gasteiger charge is 2.37. The molecule has 25 heavy (non-hydrogen) atoms. The molecule has 0 radical (unpaired) electrons. The van der Waals surface area contributed by atoms with Crippen LogP contribution in [0.3, 0.4) is 0 Å². The minimum absolute atomic E-state index is 0.0857. The number of piperidine rings is 1. The number of carbonyl (C=O) groups excluding carboxylic acids is 1. The van der Waals surface area contributed by atoms with Crippen LogP contribution < -0.4 is 4.90 Å². The third-order valence-electron chi connectivity index (χ3n) is 5.34. The summed E-state index contributed by atoms with van der Waals surface area (Å²) in [6, 6.07) is 0. The molecule has 2 atom stereocenters. The molecule has 2 aromatic rings. The van der Waals surface area contributed by atoms with E-state index in [1.54, 1.807) is 31.6 Å². The van der Waals surface area contributed by atoms with Crippen molar-refractivity contribution in [1.29, 1.82) is 0 Å². The zero-order valence-electron chi connectivity index (χ0n) is 14.7. The van der Waals surface area contributed by atoms with Gasteiger partial charge in [0.15, 0.2) is 11.5 Å². The maximum atomic E-state index is 12.1. The zero-order chi connectivity index (χ0) is 17.4. The van der Waals surface area contributed by atoms with Crippen LogP contribution in [0.2, 0.25) is 0 Å². The van der Waals surface area contributed by atoms with Gasteiger partial charge in [0.1, 0.15) is 17.9 Å². The summed E-state index contributed by atoms with van der Waals surface area (Å²) >= 11 is 0. The molecule has 1 amide bonds. The number of imidazole rings is 1. The first-order valence-electron chi connectivity index (χ1n) is 8.89. The molecule has 4 heterocycles. The molecular weight excluding hydrogens is 320 g/mol. The average molecular weight is 344 g/mol. The summed E-state index contributed by atoms with van der Waals surface area (Å²) in [5.41, 5.74) is 1.60. The van der Waals surface area contributed by atoms with E-state index in [1.165, 1.54) is 0 Å². The predicted molar refractivity (Wildman–Crippen MR) is 93.2 cm³/mol. The molecule has 2 saturated heterocycles. The smallest absolute Gasteiger partial charge is 0.251 e. The summed E-state index contributed by atoms with van der Waals surface area (Å²) in [6.07, 6.45) is 7.08. The summed E-state index contributed by atoms with van der Waals surface area (Å²) in [5.74, 6) is 1.52. The Hall–Kier alpha value is -2.22. The Bertz CT molecular complexity index is 752. The monoisotopic (exact) mass is 344 g/mol. The average Bonchev–Trinajstić information content (AvgIpc) is 3.30. The third-order valence-corrected chi connectivity index (χ3v) is 5.34. The maximum absolute atomic E-state index is 12.1. The van der Waals surface area contributed by atoms with Gasteiger partial charge in [-0.3, -0.25) is 4.79 Å². The van der Waals surface area contributed by atoms with Gasteiger partial charge in [-0.15, -0.1) is 0 Å². The zero-order valence-corrected chi connectivity index (χ0v) is 14.7. The highest BCUT2D eigenvalue weighted by atomic mass is 16.5. The number of anilines is 1. The Labute approximate surface area is 146 Å². The number of amides is 1. The molecule has 1 N–H and O–H groups in total. The van der Waals surface area contributed by atoms with Gasteiger partial charge in [0.05, 0.1) is 12.4 Å². The minimum Gasteiger partial charge on any atom is -0.365 e. The van der Waals surface area contributed by atoms with E-state index in [2.05, 4.69) is 24.8 Å². The van der Waals surface area contributed by atoms with Crippen LogP contribution in [0.4, 0.5) is 5.82 Å². The fourth-order valence-corrected chi connectivity index (χ4v) is 3.95. The van der Waals surface area contributed by atoms with Gasteiger partial charge < -0.3 is 19.5 Å². The van der Waals surface area contributed by atoms with Gasteiger partial charge in [0, 0.05) is 27.2 Å². The first-order valence-corrected chi connectivity index (χ1v) is 8.89. The van der Waals surface area contributed by atoms with Crippen LogP contribution in [0.15, 0.2) is 12.7 Å². The van der Waals surface area contributed by atoms with Crippen LogP contribution >= 0.6 is 0 Å². The predicted octanol–water partition coefficient (Wildman–Crippen LogP) is 1.21. The van der Waals surface area contributed by atoms with E-state index in [1.807, 2.05) is 0 Å². The standard InChI is InChI=1S/C17H24N6O2/c1-22(2)17(24)13-4-3-12(25-13)11-5-7-23(8-6-11)16-14-15(19-9-18-14)20-10-21-16/h9-13H,3-8H2,1-2H3,(H,18,19,20,21)/t12-,13+/m0/s1. The van der Waals surface area contributed by atoms with E-state index >= 15 is 0 Å². The van der Waals surface area contributed by atoms with Crippen LogP contribution in [0.1, 0.15) is 25.7 Å². The highest BCUT2D eigenvalue weighted by Crippen LogP contribution is 2.34. The molecule has 0 spiro atoms.